The first-order valence-corrected chi connectivity index (χ1v) is 6.65. The monoisotopic (exact) mass is 251 g/mol. The molecule has 102 valence electrons. The summed E-state index contributed by atoms with van der Waals surface area (Å²) >= 11 is 0. The van der Waals surface area contributed by atoms with Crippen LogP contribution in [0.2, 0.25) is 0 Å². The summed E-state index contributed by atoms with van der Waals surface area (Å²) in [5.41, 5.74) is 1.08. The van der Waals surface area contributed by atoms with Crippen molar-refractivity contribution in [3.8, 4) is 5.75 Å². The van der Waals surface area contributed by atoms with E-state index in [2.05, 4.69) is 19.2 Å². The van der Waals surface area contributed by atoms with Gasteiger partial charge in [0.15, 0.2) is 0 Å². The molecule has 0 fully saturated rings. The van der Waals surface area contributed by atoms with Gasteiger partial charge in [-0.25, -0.2) is 0 Å². The number of hydrogen-bond donors (Lipinski definition) is 2. The second-order valence-corrected chi connectivity index (χ2v) is 4.81. The van der Waals surface area contributed by atoms with Gasteiger partial charge in [0.1, 0.15) is 5.75 Å². The first kappa shape index (κ1) is 15.0. The summed E-state index contributed by atoms with van der Waals surface area (Å²) in [6, 6.07) is 8.08. The highest BCUT2D eigenvalue weighted by Crippen LogP contribution is 2.17. The Kier molecular flexibility index (Phi) is 6.16. The van der Waals surface area contributed by atoms with Crippen molar-refractivity contribution in [2.75, 3.05) is 20.3 Å². The van der Waals surface area contributed by atoms with Gasteiger partial charge in [-0.05, 0) is 45.4 Å². The predicted octanol–water partition coefficient (Wildman–Crippen LogP) is 2.51. The van der Waals surface area contributed by atoms with Crippen LogP contribution >= 0.6 is 0 Å². The quantitative estimate of drug-likeness (QED) is 0.698. The van der Waals surface area contributed by atoms with Crippen molar-refractivity contribution in [2.24, 2.45) is 0 Å². The Morgan fingerprint density at radius 3 is 2.44 bits per heavy atom. The molecule has 0 bridgehead atoms. The maximum absolute atomic E-state index is 9.42. The van der Waals surface area contributed by atoms with E-state index in [-0.39, 0.29) is 12.1 Å². The minimum absolute atomic E-state index is 0.156. The maximum Gasteiger partial charge on any atom is 0.119 e. The molecule has 0 amide bonds. The molecular formula is C15H25NO2. The molecule has 0 radical (unpaired) electrons. The molecule has 0 aliphatic rings. The van der Waals surface area contributed by atoms with E-state index in [1.165, 1.54) is 5.56 Å². The number of ether oxygens (including phenoxy) is 1. The number of benzene rings is 1. The van der Waals surface area contributed by atoms with Crippen LogP contribution in [-0.4, -0.2) is 30.9 Å². The largest absolute Gasteiger partial charge is 0.494 e. The highest BCUT2D eigenvalue weighted by Gasteiger charge is 2.24. The first-order chi connectivity index (χ1) is 8.65. The lowest BCUT2D eigenvalue weighted by Gasteiger charge is -2.30. The van der Waals surface area contributed by atoms with Gasteiger partial charge in [-0.2, -0.15) is 0 Å². The number of rotatable bonds is 8. The van der Waals surface area contributed by atoms with E-state index in [0.717, 1.165) is 25.0 Å². The van der Waals surface area contributed by atoms with Crippen LogP contribution in [-0.2, 0) is 0 Å². The first-order valence-electron chi connectivity index (χ1n) is 6.65. The summed E-state index contributed by atoms with van der Waals surface area (Å²) in [6.45, 7) is 5.01. The molecule has 0 saturated carbocycles. The smallest absolute Gasteiger partial charge is 0.119 e. The SMILES string of the molecule is CCC(CO)(CCCOc1ccc(C)cc1)NC. The molecule has 0 heterocycles. The van der Waals surface area contributed by atoms with Gasteiger partial charge in [-0.1, -0.05) is 24.6 Å². The Balaban J connectivity index is 2.31. The van der Waals surface area contributed by atoms with Crippen molar-refractivity contribution in [1.29, 1.82) is 0 Å². The summed E-state index contributed by atoms with van der Waals surface area (Å²) in [5, 5.41) is 12.6. The molecule has 0 saturated heterocycles. The third-order valence-corrected chi connectivity index (χ3v) is 3.60. The minimum Gasteiger partial charge on any atom is -0.494 e. The van der Waals surface area contributed by atoms with E-state index in [4.69, 9.17) is 4.74 Å². The van der Waals surface area contributed by atoms with Crippen molar-refractivity contribution in [3.63, 3.8) is 0 Å². The molecular weight excluding hydrogens is 226 g/mol. The summed E-state index contributed by atoms with van der Waals surface area (Å²) in [4.78, 5) is 0. The van der Waals surface area contributed by atoms with Crippen LogP contribution < -0.4 is 10.1 Å². The maximum atomic E-state index is 9.42. The highest BCUT2D eigenvalue weighted by molar-refractivity contribution is 5.26. The second kappa shape index (κ2) is 7.39. The second-order valence-electron chi connectivity index (χ2n) is 4.81. The molecule has 2 N–H and O–H groups in total. The topological polar surface area (TPSA) is 41.5 Å². The number of aryl methyl sites for hydroxylation is 1. The average molecular weight is 251 g/mol. The molecule has 0 spiro atoms. The van der Waals surface area contributed by atoms with Crippen LogP contribution in [0.15, 0.2) is 24.3 Å². The third kappa shape index (κ3) is 4.31. The number of hydrogen-bond acceptors (Lipinski definition) is 3. The van der Waals surface area contributed by atoms with Crippen LogP contribution in [0.1, 0.15) is 31.7 Å². The van der Waals surface area contributed by atoms with Crippen molar-refractivity contribution in [2.45, 2.75) is 38.6 Å². The Morgan fingerprint density at radius 2 is 1.94 bits per heavy atom. The molecule has 0 aromatic heterocycles. The van der Waals surface area contributed by atoms with E-state index >= 15 is 0 Å². The van der Waals surface area contributed by atoms with E-state index < -0.39 is 0 Å². The van der Waals surface area contributed by atoms with Crippen molar-refractivity contribution >= 4 is 0 Å². The normalized spacial score (nSPS) is 14.2. The van der Waals surface area contributed by atoms with Crippen LogP contribution in [0.5, 0.6) is 5.75 Å². The zero-order valence-electron chi connectivity index (χ0n) is 11.7. The van der Waals surface area contributed by atoms with Gasteiger partial charge in [0.2, 0.25) is 0 Å². The van der Waals surface area contributed by atoms with E-state index in [0.29, 0.717) is 6.61 Å². The van der Waals surface area contributed by atoms with Crippen LogP contribution in [0.3, 0.4) is 0 Å². The highest BCUT2D eigenvalue weighted by atomic mass is 16.5. The lowest BCUT2D eigenvalue weighted by Crippen LogP contribution is -2.46. The van der Waals surface area contributed by atoms with Crippen LogP contribution in [0.25, 0.3) is 0 Å². The number of aliphatic hydroxyl groups excluding tert-OH is 1. The van der Waals surface area contributed by atoms with Gasteiger partial charge < -0.3 is 15.2 Å². The van der Waals surface area contributed by atoms with Crippen LogP contribution in [0, 0.1) is 6.92 Å². The van der Waals surface area contributed by atoms with Crippen LogP contribution in [0.4, 0.5) is 0 Å². The van der Waals surface area contributed by atoms with Gasteiger partial charge in [0.25, 0.3) is 0 Å². The van der Waals surface area contributed by atoms with E-state index in [9.17, 15) is 5.11 Å². The molecule has 1 rings (SSSR count). The fourth-order valence-corrected chi connectivity index (χ4v) is 1.98. The lowest BCUT2D eigenvalue weighted by atomic mass is 9.92. The minimum atomic E-state index is -0.156. The molecule has 3 heteroatoms. The number of likely N-dealkylation sites (N-methyl/N-ethyl adjacent to an activating group) is 1. The Labute approximate surface area is 110 Å². The van der Waals surface area contributed by atoms with E-state index in [1.807, 2.05) is 31.3 Å². The van der Waals surface area contributed by atoms with Gasteiger partial charge in [0, 0.05) is 5.54 Å². The lowest BCUT2D eigenvalue weighted by molar-refractivity contribution is 0.145. The number of aliphatic hydroxyl groups is 1. The van der Waals surface area contributed by atoms with Crippen molar-refractivity contribution < 1.29 is 9.84 Å². The molecule has 3 nitrogen and oxygen atoms in total. The molecule has 1 unspecified atom stereocenters. The Hall–Kier alpha value is -1.06. The molecule has 0 aliphatic heterocycles. The average Bonchev–Trinajstić information content (AvgIpc) is 2.42. The summed E-state index contributed by atoms with van der Waals surface area (Å²) < 4.78 is 5.68. The van der Waals surface area contributed by atoms with Gasteiger partial charge in [-0.3, -0.25) is 0 Å². The zero-order valence-corrected chi connectivity index (χ0v) is 11.7. The molecule has 1 aromatic carbocycles. The summed E-state index contributed by atoms with van der Waals surface area (Å²) in [7, 11) is 1.90. The summed E-state index contributed by atoms with van der Waals surface area (Å²) in [6.07, 6.45) is 2.77. The molecule has 18 heavy (non-hydrogen) atoms. The molecule has 1 aromatic rings. The fourth-order valence-electron chi connectivity index (χ4n) is 1.98. The third-order valence-electron chi connectivity index (χ3n) is 3.60. The fraction of sp³-hybridized carbons (Fsp3) is 0.600. The standard InChI is InChI=1S/C15H25NO2/c1-4-15(12-17,16-3)10-5-11-18-14-8-6-13(2)7-9-14/h6-9,16-17H,4-5,10-12H2,1-3H3. The zero-order chi connectivity index (χ0) is 13.4. The molecule has 0 aliphatic carbocycles. The Bertz CT molecular complexity index is 323. The Morgan fingerprint density at radius 1 is 1.28 bits per heavy atom. The number of nitrogens with one attached hydrogen (secondary N) is 1. The van der Waals surface area contributed by atoms with E-state index in [1.54, 1.807) is 0 Å². The van der Waals surface area contributed by atoms with Crippen molar-refractivity contribution in [3.05, 3.63) is 29.8 Å². The molecule has 1 atom stereocenters. The van der Waals surface area contributed by atoms with Crippen molar-refractivity contribution in [1.82, 2.24) is 5.32 Å². The predicted molar refractivity (Wildman–Crippen MR) is 75.1 cm³/mol. The van der Waals surface area contributed by atoms with Gasteiger partial charge >= 0.3 is 0 Å². The van der Waals surface area contributed by atoms with Gasteiger partial charge in [-0.15, -0.1) is 0 Å². The summed E-state index contributed by atoms with van der Waals surface area (Å²) in [5.74, 6) is 0.913. The van der Waals surface area contributed by atoms with Gasteiger partial charge in [0.05, 0.1) is 13.2 Å².